The standard InChI is InChI=1S/C16H11ClN2O4S/c17-9-1-3-12-11(5-9)19-16(23-12)24-7-15(20)18-10-2-4-13-14(6-10)22-8-21-13/h1-6H,7-8H2,(H,18,20). The lowest BCUT2D eigenvalue weighted by Crippen LogP contribution is -2.13. The lowest BCUT2D eigenvalue weighted by atomic mass is 10.3. The van der Waals surface area contributed by atoms with Crippen LogP contribution < -0.4 is 14.8 Å². The molecule has 2 aromatic carbocycles. The highest BCUT2D eigenvalue weighted by molar-refractivity contribution is 7.99. The minimum atomic E-state index is -0.167. The maximum atomic E-state index is 12.1. The largest absolute Gasteiger partial charge is 0.454 e. The fraction of sp³-hybridized carbons (Fsp3) is 0.125. The van der Waals surface area contributed by atoms with Crippen LogP contribution in [0.5, 0.6) is 11.5 Å². The van der Waals surface area contributed by atoms with Crippen molar-refractivity contribution in [2.75, 3.05) is 17.9 Å². The summed E-state index contributed by atoms with van der Waals surface area (Å²) >= 11 is 7.13. The summed E-state index contributed by atoms with van der Waals surface area (Å²) in [4.78, 5) is 16.4. The Balaban J connectivity index is 1.39. The summed E-state index contributed by atoms with van der Waals surface area (Å²) in [7, 11) is 0. The molecule has 1 aliphatic rings. The van der Waals surface area contributed by atoms with Crippen LogP contribution in [0.15, 0.2) is 46.0 Å². The lowest BCUT2D eigenvalue weighted by Gasteiger charge is -2.05. The van der Waals surface area contributed by atoms with Gasteiger partial charge in [0.15, 0.2) is 17.1 Å². The van der Waals surface area contributed by atoms with Crippen molar-refractivity contribution in [2.45, 2.75) is 5.22 Å². The summed E-state index contributed by atoms with van der Waals surface area (Å²) in [5, 5.41) is 3.81. The molecule has 8 heteroatoms. The summed E-state index contributed by atoms with van der Waals surface area (Å²) in [6, 6.07) is 10.5. The van der Waals surface area contributed by atoms with Crippen LogP contribution in [0, 0.1) is 0 Å². The molecule has 1 amide bonds. The topological polar surface area (TPSA) is 73.6 Å². The van der Waals surface area contributed by atoms with Crippen LogP contribution in [0.3, 0.4) is 0 Å². The summed E-state index contributed by atoms with van der Waals surface area (Å²) in [5.41, 5.74) is 1.95. The molecular weight excluding hydrogens is 352 g/mol. The fourth-order valence-corrected chi connectivity index (χ4v) is 3.04. The van der Waals surface area contributed by atoms with Crippen LogP contribution in [-0.4, -0.2) is 23.4 Å². The van der Waals surface area contributed by atoms with Crippen LogP contribution in [0.2, 0.25) is 5.02 Å². The Morgan fingerprint density at radius 2 is 2.08 bits per heavy atom. The molecule has 1 aromatic heterocycles. The average molecular weight is 363 g/mol. The Morgan fingerprint density at radius 1 is 1.21 bits per heavy atom. The molecule has 4 rings (SSSR count). The molecule has 0 radical (unpaired) electrons. The second-order valence-corrected chi connectivity index (χ2v) is 6.36. The van der Waals surface area contributed by atoms with E-state index in [1.165, 1.54) is 11.8 Å². The van der Waals surface area contributed by atoms with Crippen LogP contribution in [-0.2, 0) is 4.79 Å². The van der Waals surface area contributed by atoms with E-state index in [1.54, 1.807) is 36.4 Å². The Bertz CT molecular complexity index is 928. The first-order valence-electron chi connectivity index (χ1n) is 7.06. The normalized spacial score (nSPS) is 12.5. The first kappa shape index (κ1) is 15.2. The number of nitrogens with one attached hydrogen (secondary N) is 1. The van der Waals surface area contributed by atoms with E-state index >= 15 is 0 Å². The number of fused-ring (bicyclic) bond motifs is 2. The number of benzene rings is 2. The van der Waals surface area contributed by atoms with Crippen molar-refractivity contribution in [1.82, 2.24) is 4.98 Å². The van der Waals surface area contributed by atoms with Crippen LogP contribution >= 0.6 is 23.4 Å². The molecule has 0 unspecified atom stereocenters. The summed E-state index contributed by atoms with van der Waals surface area (Å²) in [6.07, 6.45) is 0. The van der Waals surface area contributed by atoms with Gasteiger partial charge in [-0.15, -0.1) is 0 Å². The molecule has 24 heavy (non-hydrogen) atoms. The number of rotatable bonds is 4. The van der Waals surface area contributed by atoms with Gasteiger partial charge < -0.3 is 19.2 Å². The minimum Gasteiger partial charge on any atom is -0.454 e. The predicted molar refractivity (Wildman–Crippen MR) is 90.9 cm³/mol. The Morgan fingerprint density at radius 3 is 3.00 bits per heavy atom. The first-order chi connectivity index (χ1) is 11.7. The van der Waals surface area contributed by atoms with Gasteiger partial charge in [-0.1, -0.05) is 23.4 Å². The van der Waals surface area contributed by atoms with Gasteiger partial charge in [-0.2, -0.15) is 0 Å². The predicted octanol–water partition coefficient (Wildman–Crippen LogP) is 3.94. The third kappa shape index (κ3) is 3.13. The van der Waals surface area contributed by atoms with Gasteiger partial charge >= 0.3 is 0 Å². The zero-order valence-electron chi connectivity index (χ0n) is 12.2. The van der Waals surface area contributed by atoms with E-state index in [2.05, 4.69) is 10.3 Å². The highest BCUT2D eigenvalue weighted by Crippen LogP contribution is 2.34. The molecule has 3 aromatic rings. The first-order valence-corrected chi connectivity index (χ1v) is 8.42. The zero-order valence-corrected chi connectivity index (χ0v) is 13.8. The van der Waals surface area contributed by atoms with E-state index in [1.807, 2.05) is 0 Å². The number of oxazole rings is 1. The number of nitrogens with zero attached hydrogens (tertiary/aromatic N) is 1. The van der Waals surface area contributed by atoms with Gasteiger partial charge in [-0.3, -0.25) is 4.79 Å². The molecule has 2 heterocycles. The summed E-state index contributed by atoms with van der Waals surface area (Å²) < 4.78 is 16.1. The third-order valence-electron chi connectivity index (χ3n) is 3.31. The molecule has 1 N–H and O–H groups in total. The lowest BCUT2D eigenvalue weighted by molar-refractivity contribution is -0.113. The van der Waals surface area contributed by atoms with Crippen molar-refractivity contribution < 1.29 is 18.7 Å². The number of carbonyl (C=O) groups is 1. The highest BCUT2D eigenvalue weighted by atomic mass is 35.5. The van der Waals surface area contributed by atoms with Crippen molar-refractivity contribution in [2.24, 2.45) is 0 Å². The maximum absolute atomic E-state index is 12.1. The molecule has 0 saturated carbocycles. The Labute approximate surface area is 146 Å². The monoisotopic (exact) mass is 362 g/mol. The number of amides is 1. The quantitative estimate of drug-likeness (QED) is 0.708. The SMILES string of the molecule is O=C(CSc1nc2cc(Cl)ccc2o1)Nc1ccc2c(c1)OCO2. The van der Waals surface area contributed by atoms with Crippen molar-refractivity contribution in [3.05, 3.63) is 41.4 Å². The van der Waals surface area contributed by atoms with Gasteiger partial charge in [-0.25, -0.2) is 4.98 Å². The van der Waals surface area contributed by atoms with Crippen molar-refractivity contribution in [1.29, 1.82) is 0 Å². The van der Waals surface area contributed by atoms with E-state index in [9.17, 15) is 4.79 Å². The summed E-state index contributed by atoms with van der Waals surface area (Å²) in [5.74, 6) is 1.30. The maximum Gasteiger partial charge on any atom is 0.257 e. The van der Waals surface area contributed by atoms with Gasteiger partial charge in [0.25, 0.3) is 5.22 Å². The van der Waals surface area contributed by atoms with Gasteiger partial charge in [0.2, 0.25) is 12.7 Å². The summed E-state index contributed by atoms with van der Waals surface area (Å²) in [6.45, 7) is 0.199. The van der Waals surface area contributed by atoms with E-state index in [4.69, 9.17) is 25.5 Å². The van der Waals surface area contributed by atoms with Gasteiger partial charge in [-0.05, 0) is 30.3 Å². The van der Waals surface area contributed by atoms with Crippen molar-refractivity contribution >= 4 is 46.1 Å². The van der Waals surface area contributed by atoms with Crippen molar-refractivity contribution in [3.8, 4) is 11.5 Å². The van der Waals surface area contributed by atoms with E-state index in [0.717, 1.165) is 0 Å². The van der Waals surface area contributed by atoms with E-state index in [0.29, 0.717) is 38.5 Å². The number of carbonyl (C=O) groups excluding carboxylic acids is 1. The highest BCUT2D eigenvalue weighted by Gasteiger charge is 2.15. The molecule has 0 atom stereocenters. The number of hydrogen-bond donors (Lipinski definition) is 1. The number of ether oxygens (including phenoxy) is 2. The number of aromatic nitrogens is 1. The molecule has 0 bridgehead atoms. The molecule has 0 fully saturated rings. The number of hydrogen-bond acceptors (Lipinski definition) is 6. The van der Waals surface area contributed by atoms with Gasteiger partial charge in [0, 0.05) is 16.8 Å². The van der Waals surface area contributed by atoms with E-state index < -0.39 is 0 Å². The molecule has 0 aliphatic carbocycles. The third-order valence-corrected chi connectivity index (χ3v) is 4.38. The number of thioether (sulfide) groups is 1. The molecule has 0 spiro atoms. The average Bonchev–Trinajstić information content (AvgIpc) is 3.18. The second kappa shape index (κ2) is 6.26. The fourth-order valence-electron chi connectivity index (χ4n) is 2.24. The molecular formula is C16H11ClN2O4S. The van der Waals surface area contributed by atoms with Gasteiger partial charge in [0.05, 0.1) is 5.75 Å². The molecule has 1 aliphatic heterocycles. The Hall–Kier alpha value is -2.38. The smallest absolute Gasteiger partial charge is 0.257 e. The number of anilines is 1. The Kier molecular flexibility index (Phi) is 3.95. The molecule has 6 nitrogen and oxygen atoms in total. The van der Waals surface area contributed by atoms with Crippen LogP contribution in [0.25, 0.3) is 11.1 Å². The van der Waals surface area contributed by atoms with Crippen molar-refractivity contribution in [3.63, 3.8) is 0 Å². The molecule has 0 saturated heterocycles. The number of halogens is 1. The minimum absolute atomic E-state index is 0.167. The van der Waals surface area contributed by atoms with E-state index in [-0.39, 0.29) is 18.5 Å². The van der Waals surface area contributed by atoms with Crippen LogP contribution in [0.4, 0.5) is 5.69 Å². The molecule has 122 valence electrons. The van der Waals surface area contributed by atoms with Crippen LogP contribution in [0.1, 0.15) is 0 Å². The van der Waals surface area contributed by atoms with Gasteiger partial charge in [0.1, 0.15) is 5.52 Å². The zero-order chi connectivity index (χ0) is 16.5. The second-order valence-electron chi connectivity index (χ2n) is 5.00.